The molecule has 0 atom stereocenters. The molecule has 0 saturated carbocycles. The molecule has 0 aliphatic heterocycles. The quantitative estimate of drug-likeness (QED) is 0.629. The predicted molar refractivity (Wildman–Crippen MR) is 102 cm³/mol. The Morgan fingerprint density at radius 3 is 2.15 bits per heavy atom. The van der Waals surface area contributed by atoms with E-state index in [1.807, 2.05) is 0 Å². The average molecular weight is 412 g/mol. The maximum Gasteiger partial charge on any atom is 0.314 e. The summed E-state index contributed by atoms with van der Waals surface area (Å²) in [5.41, 5.74) is 0.982. The molecule has 0 saturated heterocycles. The molecule has 3 rings (SSSR count). The largest absolute Gasteiger partial charge is 0.457 e. The van der Waals surface area contributed by atoms with Crippen LogP contribution in [0.5, 0.6) is 11.5 Å². The lowest BCUT2D eigenvalue weighted by Gasteiger charge is -2.09. The van der Waals surface area contributed by atoms with Gasteiger partial charge >= 0.3 is 11.8 Å². The Hall–Kier alpha value is -3.19. The molecule has 2 aromatic carbocycles. The number of benzene rings is 2. The topological polar surface area (TPSA) is 80.3 Å². The summed E-state index contributed by atoms with van der Waals surface area (Å²) in [6.45, 7) is 0. The van der Waals surface area contributed by atoms with E-state index in [1.54, 1.807) is 73.1 Å². The minimum atomic E-state index is -0.769. The third-order valence-electron chi connectivity index (χ3n) is 3.29. The normalized spacial score (nSPS) is 10.0. The zero-order valence-electron chi connectivity index (χ0n) is 13.5. The average Bonchev–Trinajstić information content (AvgIpc) is 2.65. The minimum Gasteiger partial charge on any atom is -0.457 e. The van der Waals surface area contributed by atoms with Crippen molar-refractivity contribution in [2.24, 2.45) is 0 Å². The van der Waals surface area contributed by atoms with Crippen LogP contribution >= 0.6 is 15.9 Å². The zero-order valence-corrected chi connectivity index (χ0v) is 15.1. The molecule has 26 heavy (non-hydrogen) atoms. The third-order valence-corrected chi connectivity index (χ3v) is 3.81. The van der Waals surface area contributed by atoms with Crippen LogP contribution < -0.4 is 15.4 Å². The number of amides is 2. The third kappa shape index (κ3) is 4.90. The van der Waals surface area contributed by atoms with Gasteiger partial charge in [-0.15, -0.1) is 0 Å². The molecular formula is C19H14BrN3O3. The standard InChI is InChI=1S/C19H14BrN3O3/c20-13-4-6-14(7-5-13)22-18(24)19(25)23-15-2-1-3-17(12-15)26-16-8-10-21-11-9-16/h1-12H,(H,22,24)(H,23,25). The molecule has 0 spiro atoms. The smallest absolute Gasteiger partial charge is 0.314 e. The summed E-state index contributed by atoms with van der Waals surface area (Å²) >= 11 is 3.31. The van der Waals surface area contributed by atoms with E-state index in [2.05, 4.69) is 31.5 Å². The molecule has 1 aromatic heterocycles. The first kappa shape index (κ1) is 17.6. The number of aromatic nitrogens is 1. The second-order valence-corrected chi connectivity index (χ2v) is 6.14. The number of rotatable bonds is 4. The van der Waals surface area contributed by atoms with Crippen LogP contribution in [-0.4, -0.2) is 16.8 Å². The van der Waals surface area contributed by atoms with E-state index < -0.39 is 11.8 Å². The molecule has 0 fully saturated rings. The Kier molecular flexibility index (Phi) is 5.60. The maximum absolute atomic E-state index is 12.1. The fraction of sp³-hybridized carbons (Fsp3) is 0. The van der Waals surface area contributed by atoms with Crippen molar-refractivity contribution < 1.29 is 14.3 Å². The van der Waals surface area contributed by atoms with Gasteiger partial charge in [0.25, 0.3) is 0 Å². The van der Waals surface area contributed by atoms with Gasteiger partial charge in [0.15, 0.2) is 0 Å². The molecule has 2 N–H and O–H groups in total. The number of pyridine rings is 1. The molecule has 2 amide bonds. The number of nitrogens with one attached hydrogen (secondary N) is 2. The van der Waals surface area contributed by atoms with Crippen molar-refractivity contribution in [2.75, 3.05) is 10.6 Å². The highest BCUT2D eigenvalue weighted by Crippen LogP contribution is 2.23. The Balaban J connectivity index is 1.62. The number of carbonyl (C=O) groups excluding carboxylic acids is 2. The number of hydrogen-bond acceptors (Lipinski definition) is 4. The molecule has 1 heterocycles. The van der Waals surface area contributed by atoms with Crippen molar-refractivity contribution >= 4 is 39.1 Å². The van der Waals surface area contributed by atoms with Crippen LogP contribution in [0.4, 0.5) is 11.4 Å². The first-order valence-corrected chi connectivity index (χ1v) is 8.45. The van der Waals surface area contributed by atoms with Gasteiger partial charge in [-0.25, -0.2) is 0 Å². The zero-order chi connectivity index (χ0) is 18.4. The second kappa shape index (κ2) is 8.26. The summed E-state index contributed by atoms with van der Waals surface area (Å²) in [4.78, 5) is 28.0. The summed E-state index contributed by atoms with van der Waals surface area (Å²) in [7, 11) is 0. The summed E-state index contributed by atoms with van der Waals surface area (Å²) in [5.74, 6) is -0.375. The van der Waals surface area contributed by atoms with Crippen LogP contribution in [0.15, 0.2) is 77.5 Å². The first-order valence-electron chi connectivity index (χ1n) is 7.66. The van der Waals surface area contributed by atoms with Gasteiger partial charge in [-0.1, -0.05) is 22.0 Å². The molecule has 0 aliphatic rings. The van der Waals surface area contributed by atoms with Gasteiger partial charge in [-0.2, -0.15) is 0 Å². The van der Waals surface area contributed by atoms with E-state index in [4.69, 9.17) is 4.74 Å². The van der Waals surface area contributed by atoms with Crippen LogP contribution in [0, 0.1) is 0 Å². The van der Waals surface area contributed by atoms with E-state index >= 15 is 0 Å². The van der Waals surface area contributed by atoms with E-state index in [0.29, 0.717) is 22.9 Å². The lowest BCUT2D eigenvalue weighted by Crippen LogP contribution is -2.29. The Morgan fingerprint density at radius 2 is 1.46 bits per heavy atom. The lowest BCUT2D eigenvalue weighted by atomic mass is 10.3. The van der Waals surface area contributed by atoms with Gasteiger partial charge < -0.3 is 15.4 Å². The van der Waals surface area contributed by atoms with Crippen LogP contribution in [0.2, 0.25) is 0 Å². The van der Waals surface area contributed by atoms with E-state index in [-0.39, 0.29) is 0 Å². The van der Waals surface area contributed by atoms with Crippen molar-refractivity contribution in [1.82, 2.24) is 4.98 Å². The monoisotopic (exact) mass is 411 g/mol. The second-order valence-electron chi connectivity index (χ2n) is 5.23. The highest BCUT2D eigenvalue weighted by Gasteiger charge is 2.14. The number of carbonyl (C=O) groups is 2. The van der Waals surface area contributed by atoms with Crippen molar-refractivity contribution in [3.63, 3.8) is 0 Å². The number of nitrogens with zero attached hydrogens (tertiary/aromatic N) is 1. The van der Waals surface area contributed by atoms with E-state index in [0.717, 1.165) is 4.47 Å². The molecule has 0 aliphatic carbocycles. The van der Waals surface area contributed by atoms with E-state index in [9.17, 15) is 9.59 Å². The molecule has 130 valence electrons. The lowest BCUT2D eigenvalue weighted by molar-refractivity contribution is -0.132. The molecule has 0 unspecified atom stereocenters. The number of hydrogen-bond donors (Lipinski definition) is 2. The van der Waals surface area contributed by atoms with Crippen LogP contribution in [0.25, 0.3) is 0 Å². The molecule has 0 radical (unpaired) electrons. The number of halogens is 1. The van der Waals surface area contributed by atoms with Gasteiger partial charge in [0.05, 0.1) is 0 Å². The Morgan fingerprint density at radius 1 is 0.808 bits per heavy atom. The van der Waals surface area contributed by atoms with Crippen molar-refractivity contribution in [1.29, 1.82) is 0 Å². The van der Waals surface area contributed by atoms with Crippen LogP contribution in [0.1, 0.15) is 0 Å². The Bertz CT molecular complexity index is 915. The number of anilines is 2. The SMILES string of the molecule is O=C(Nc1ccc(Br)cc1)C(=O)Nc1cccc(Oc2ccncc2)c1. The summed E-state index contributed by atoms with van der Waals surface area (Å²) < 4.78 is 6.55. The fourth-order valence-corrected chi connectivity index (χ4v) is 2.35. The highest BCUT2D eigenvalue weighted by atomic mass is 79.9. The minimum absolute atomic E-state index is 0.451. The van der Waals surface area contributed by atoms with Crippen LogP contribution in [-0.2, 0) is 9.59 Å². The van der Waals surface area contributed by atoms with Crippen molar-refractivity contribution in [2.45, 2.75) is 0 Å². The summed E-state index contributed by atoms with van der Waals surface area (Å²) in [6, 6.07) is 17.1. The number of ether oxygens (including phenoxy) is 1. The maximum atomic E-state index is 12.1. The van der Waals surface area contributed by atoms with Gasteiger partial charge in [0.2, 0.25) is 0 Å². The molecule has 7 heteroatoms. The van der Waals surface area contributed by atoms with Crippen molar-refractivity contribution in [3.05, 3.63) is 77.5 Å². The summed E-state index contributed by atoms with van der Waals surface area (Å²) in [6.07, 6.45) is 3.24. The molecule has 6 nitrogen and oxygen atoms in total. The molecular weight excluding hydrogens is 398 g/mol. The van der Waals surface area contributed by atoms with Gasteiger partial charge in [0.1, 0.15) is 11.5 Å². The van der Waals surface area contributed by atoms with Gasteiger partial charge in [-0.05, 0) is 48.5 Å². The molecule has 3 aromatic rings. The molecule has 0 bridgehead atoms. The highest BCUT2D eigenvalue weighted by molar-refractivity contribution is 9.10. The fourth-order valence-electron chi connectivity index (χ4n) is 2.09. The van der Waals surface area contributed by atoms with Crippen molar-refractivity contribution in [3.8, 4) is 11.5 Å². The van der Waals surface area contributed by atoms with Gasteiger partial charge in [0, 0.05) is 34.3 Å². The Labute approximate surface area is 158 Å². The first-order chi connectivity index (χ1) is 12.6. The van der Waals surface area contributed by atoms with E-state index in [1.165, 1.54) is 0 Å². The van der Waals surface area contributed by atoms with Gasteiger partial charge in [-0.3, -0.25) is 14.6 Å². The summed E-state index contributed by atoms with van der Waals surface area (Å²) in [5, 5.41) is 5.08. The predicted octanol–water partition coefficient (Wildman–Crippen LogP) is 4.21. The van der Waals surface area contributed by atoms with Crippen LogP contribution in [0.3, 0.4) is 0 Å².